The Morgan fingerprint density at radius 2 is 1.88 bits per heavy atom. The van der Waals surface area contributed by atoms with E-state index in [4.69, 9.17) is 0 Å². The monoisotopic (exact) mass is 344 g/mol. The van der Waals surface area contributed by atoms with Crippen LogP contribution in [-0.4, -0.2) is 46.1 Å². The first-order valence-corrected chi connectivity index (χ1v) is 9.23. The molecule has 1 saturated heterocycles. The third-order valence-electron chi connectivity index (χ3n) is 5.15. The lowest BCUT2D eigenvalue weighted by Gasteiger charge is -2.19. The summed E-state index contributed by atoms with van der Waals surface area (Å²) in [5, 5.41) is 3.58. The molecule has 136 valence electrons. The molecule has 0 radical (unpaired) electrons. The molecule has 0 aromatic carbocycles. The van der Waals surface area contributed by atoms with Crippen molar-refractivity contribution in [2.45, 2.75) is 32.1 Å². The highest BCUT2D eigenvalue weighted by molar-refractivity contribution is 5.98. The molecular weight excluding hydrogens is 316 g/mol. The number of nitrogens with one attached hydrogen (secondary N) is 1. The van der Waals surface area contributed by atoms with Gasteiger partial charge in [0.05, 0.1) is 10.9 Å². The standard InChI is InChI=1S/C19H28N4O2/c1-21-13-8-16-15(19(21)25)14-17(22(16)2)18(24)20-9-7-12-23-10-5-3-4-6-11-23/h8,13-14H,3-7,9-12H2,1-2H3,(H,20,24). The number of hydrogen-bond acceptors (Lipinski definition) is 3. The van der Waals surface area contributed by atoms with Crippen molar-refractivity contribution in [1.29, 1.82) is 0 Å². The summed E-state index contributed by atoms with van der Waals surface area (Å²) in [4.78, 5) is 27.2. The maximum Gasteiger partial charge on any atom is 0.267 e. The van der Waals surface area contributed by atoms with Crippen LogP contribution in [0.3, 0.4) is 0 Å². The molecule has 3 rings (SSSR count). The average molecular weight is 344 g/mol. The number of nitrogens with zero attached hydrogens (tertiary/aromatic N) is 3. The van der Waals surface area contributed by atoms with Gasteiger partial charge in [-0.05, 0) is 51.0 Å². The quantitative estimate of drug-likeness (QED) is 0.843. The Morgan fingerprint density at radius 3 is 2.60 bits per heavy atom. The number of aryl methyl sites for hydroxylation is 2. The third-order valence-corrected chi connectivity index (χ3v) is 5.15. The summed E-state index contributed by atoms with van der Waals surface area (Å²) in [5.74, 6) is -0.114. The Kier molecular flexibility index (Phi) is 5.58. The number of likely N-dealkylation sites (tertiary alicyclic amines) is 1. The molecule has 1 aliphatic rings. The first kappa shape index (κ1) is 17.7. The van der Waals surface area contributed by atoms with E-state index in [2.05, 4.69) is 10.2 Å². The fourth-order valence-corrected chi connectivity index (χ4v) is 3.60. The maximum atomic E-state index is 12.5. The van der Waals surface area contributed by atoms with Crippen LogP contribution in [0, 0.1) is 0 Å². The van der Waals surface area contributed by atoms with Crippen molar-refractivity contribution in [2.24, 2.45) is 14.1 Å². The zero-order chi connectivity index (χ0) is 17.8. The van der Waals surface area contributed by atoms with Crippen LogP contribution in [-0.2, 0) is 14.1 Å². The lowest BCUT2D eigenvalue weighted by atomic mass is 10.2. The van der Waals surface area contributed by atoms with Gasteiger partial charge in [0, 0.05) is 26.8 Å². The number of carbonyl (C=O) groups excluding carboxylic acids is 1. The van der Waals surface area contributed by atoms with E-state index in [1.807, 2.05) is 13.1 Å². The number of rotatable bonds is 5. The molecule has 2 aromatic rings. The van der Waals surface area contributed by atoms with Crippen LogP contribution in [0.5, 0.6) is 0 Å². The van der Waals surface area contributed by atoms with E-state index in [1.54, 1.807) is 23.9 Å². The fraction of sp³-hybridized carbons (Fsp3) is 0.579. The number of aromatic nitrogens is 2. The average Bonchev–Trinajstić information content (AvgIpc) is 2.77. The van der Waals surface area contributed by atoms with Crippen molar-refractivity contribution in [3.63, 3.8) is 0 Å². The lowest BCUT2D eigenvalue weighted by molar-refractivity contribution is 0.0944. The zero-order valence-electron chi connectivity index (χ0n) is 15.3. The molecule has 6 nitrogen and oxygen atoms in total. The molecular formula is C19H28N4O2. The molecule has 0 atom stereocenters. The third kappa shape index (κ3) is 3.95. The largest absolute Gasteiger partial charge is 0.351 e. The topological polar surface area (TPSA) is 59.3 Å². The minimum Gasteiger partial charge on any atom is -0.351 e. The summed E-state index contributed by atoms with van der Waals surface area (Å²) in [6.45, 7) is 4.06. The normalized spacial score (nSPS) is 16.1. The summed E-state index contributed by atoms with van der Waals surface area (Å²) in [6.07, 6.45) is 7.95. The first-order chi connectivity index (χ1) is 12.1. The minimum absolute atomic E-state index is 0.0756. The SMILES string of the molecule is Cn1ccc2c(cc(C(=O)NCCCN3CCCCCC3)n2C)c1=O. The van der Waals surface area contributed by atoms with E-state index < -0.39 is 0 Å². The molecule has 3 heterocycles. The molecule has 0 unspecified atom stereocenters. The molecule has 1 aliphatic heterocycles. The summed E-state index contributed by atoms with van der Waals surface area (Å²) in [6, 6.07) is 3.56. The van der Waals surface area contributed by atoms with Gasteiger partial charge in [-0.1, -0.05) is 12.8 Å². The van der Waals surface area contributed by atoms with Crippen LogP contribution in [0.4, 0.5) is 0 Å². The van der Waals surface area contributed by atoms with Gasteiger partial charge in [-0.3, -0.25) is 9.59 Å². The fourth-order valence-electron chi connectivity index (χ4n) is 3.60. The Hall–Kier alpha value is -2.08. The molecule has 1 amide bonds. The van der Waals surface area contributed by atoms with Crippen molar-refractivity contribution in [3.05, 3.63) is 34.4 Å². The van der Waals surface area contributed by atoms with Crippen molar-refractivity contribution >= 4 is 16.8 Å². The summed E-state index contributed by atoms with van der Waals surface area (Å²) in [7, 11) is 3.55. The van der Waals surface area contributed by atoms with Gasteiger partial charge in [0.15, 0.2) is 0 Å². The molecule has 25 heavy (non-hydrogen) atoms. The summed E-state index contributed by atoms with van der Waals surface area (Å²) < 4.78 is 3.33. The van der Waals surface area contributed by atoms with Crippen LogP contribution in [0.15, 0.2) is 23.1 Å². The predicted octanol–water partition coefficient (Wildman–Crippen LogP) is 1.87. The van der Waals surface area contributed by atoms with Gasteiger partial charge < -0.3 is 19.4 Å². The number of fused-ring (bicyclic) bond motifs is 1. The van der Waals surface area contributed by atoms with Gasteiger partial charge in [-0.15, -0.1) is 0 Å². The van der Waals surface area contributed by atoms with Crippen LogP contribution in [0.25, 0.3) is 10.9 Å². The van der Waals surface area contributed by atoms with Crippen molar-refractivity contribution < 1.29 is 4.79 Å². The van der Waals surface area contributed by atoms with Crippen LogP contribution in [0.2, 0.25) is 0 Å². The van der Waals surface area contributed by atoms with Crippen LogP contribution >= 0.6 is 0 Å². The molecule has 1 N–H and O–H groups in total. The predicted molar refractivity (Wildman–Crippen MR) is 100 cm³/mol. The Bertz CT molecular complexity index is 798. The molecule has 0 spiro atoms. The van der Waals surface area contributed by atoms with Crippen LogP contribution < -0.4 is 10.9 Å². The molecule has 0 aliphatic carbocycles. The van der Waals surface area contributed by atoms with E-state index in [-0.39, 0.29) is 11.5 Å². The van der Waals surface area contributed by atoms with Gasteiger partial charge in [0.2, 0.25) is 0 Å². The van der Waals surface area contributed by atoms with Gasteiger partial charge in [-0.2, -0.15) is 0 Å². The lowest BCUT2D eigenvalue weighted by Crippen LogP contribution is -2.31. The van der Waals surface area contributed by atoms with E-state index in [0.29, 0.717) is 17.6 Å². The Morgan fingerprint density at radius 1 is 1.16 bits per heavy atom. The van der Waals surface area contributed by atoms with Gasteiger partial charge in [0.25, 0.3) is 11.5 Å². The van der Waals surface area contributed by atoms with E-state index >= 15 is 0 Å². The van der Waals surface area contributed by atoms with Crippen molar-refractivity contribution in [1.82, 2.24) is 19.4 Å². The van der Waals surface area contributed by atoms with Crippen molar-refractivity contribution in [2.75, 3.05) is 26.2 Å². The van der Waals surface area contributed by atoms with Crippen molar-refractivity contribution in [3.8, 4) is 0 Å². The first-order valence-electron chi connectivity index (χ1n) is 9.23. The summed E-state index contributed by atoms with van der Waals surface area (Å²) >= 11 is 0. The second-order valence-corrected chi connectivity index (χ2v) is 6.98. The van der Waals surface area contributed by atoms with Gasteiger partial charge in [-0.25, -0.2) is 0 Å². The van der Waals surface area contributed by atoms with E-state index in [1.165, 1.54) is 43.3 Å². The Labute approximate surface area is 148 Å². The molecule has 6 heteroatoms. The highest BCUT2D eigenvalue weighted by atomic mass is 16.2. The number of pyridine rings is 1. The van der Waals surface area contributed by atoms with Crippen LogP contribution in [0.1, 0.15) is 42.6 Å². The van der Waals surface area contributed by atoms with Gasteiger partial charge in [0.1, 0.15) is 5.69 Å². The highest BCUT2D eigenvalue weighted by Crippen LogP contribution is 2.15. The zero-order valence-corrected chi connectivity index (χ0v) is 15.3. The maximum absolute atomic E-state index is 12.5. The highest BCUT2D eigenvalue weighted by Gasteiger charge is 2.15. The number of amides is 1. The summed E-state index contributed by atoms with van der Waals surface area (Å²) in [5.41, 5.74) is 1.25. The molecule has 0 bridgehead atoms. The van der Waals surface area contributed by atoms with E-state index in [0.717, 1.165) is 18.5 Å². The number of hydrogen-bond donors (Lipinski definition) is 1. The minimum atomic E-state index is -0.114. The molecule has 0 saturated carbocycles. The van der Waals surface area contributed by atoms with E-state index in [9.17, 15) is 9.59 Å². The number of carbonyl (C=O) groups is 1. The smallest absolute Gasteiger partial charge is 0.267 e. The Balaban J connectivity index is 1.58. The molecule has 2 aromatic heterocycles. The second kappa shape index (κ2) is 7.87. The molecule has 1 fully saturated rings. The second-order valence-electron chi connectivity index (χ2n) is 6.98. The van der Waals surface area contributed by atoms with Gasteiger partial charge >= 0.3 is 0 Å².